The normalized spacial score (nSPS) is 25.1. The zero-order valence-corrected chi connectivity index (χ0v) is 12.1. The lowest BCUT2D eigenvalue weighted by Gasteiger charge is -2.32. The van der Waals surface area contributed by atoms with Crippen LogP contribution in [-0.4, -0.2) is 61.8 Å². The fourth-order valence-corrected chi connectivity index (χ4v) is 3.30. The van der Waals surface area contributed by atoms with Crippen LogP contribution in [0.2, 0.25) is 0 Å². The summed E-state index contributed by atoms with van der Waals surface area (Å²) in [4.78, 5) is 5.17. The fourth-order valence-electron chi connectivity index (χ4n) is 3.30. The number of anilines is 1. The van der Waals surface area contributed by atoms with Crippen LogP contribution in [0.25, 0.3) is 0 Å². The number of nitrogens with zero attached hydrogens (tertiary/aromatic N) is 2. The Bertz CT molecular complexity index is 431. The molecule has 2 aliphatic heterocycles. The van der Waals surface area contributed by atoms with Crippen molar-refractivity contribution in [1.29, 1.82) is 0 Å². The number of benzene rings is 1. The summed E-state index contributed by atoms with van der Waals surface area (Å²) in [5, 5.41) is 0. The van der Waals surface area contributed by atoms with Crippen molar-refractivity contribution in [3.63, 3.8) is 0 Å². The van der Waals surface area contributed by atoms with Gasteiger partial charge in [-0.3, -0.25) is 4.90 Å². The van der Waals surface area contributed by atoms with Crippen LogP contribution in [-0.2, 0) is 11.2 Å². The topological polar surface area (TPSA) is 41.7 Å². The standard InChI is InChI=1S/C16H25N3O/c17-16-4-2-1-3-14(16)5-7-18-8-6-15(13-18)19-9-11-20-12-10-19/h1-4,15H,5-13,17H2. The molecule has 1 unspecified atom stereocenters. The van der Waals surface area contributed by atoms with Crippen LogP contribution in [0, 0.1) is 0 Å². The van der Waals surface area contributed by atoms with Crippen LogP contribution >= 0.6 is 0 Å². The lowest BCUT2D eigenvalue weighted by Crippen LogP contribution is -2.44. The van der Waals surface area contributed by atoms with Gasteiger partial charge in [0.05, 0.1) is 13.2 Å². The van der Waals surface area contributed by atoms with E-state index in [0.717, 1.165) is 51.0 Å². The summed E-state index contributed by atoms with van der Waals surface area (Å²) in [5.74, 6) is 0. The molecule has 2 N–H and O–H groups in total. The van der Waals surface area contributed by atoms with Crippen molar-refractivity contribution in [3.05, 3.63) is 29.8 Å². The van der Waals surface area contributed by atoms with Gasteiger partial charge in [0.1, 0.15) is 0 Å². The lowest BCUT2D eigenvalue weighted by atomic mass is 10.1. The predicted octanol–water partition coefficient (Wildman–Crippen LogP) is 1.22. The summed E-state index contributed by atoms with van der Waals surface area (Å²) in [6.07, 6.45) is 2.35. The number of hydrogen-bond acceptors (Lipinski definition) is 4. The molecule has 1 atom stereocenters. The van der Waals surface area contributed by atoms with E-state index in [1.165, 1.54) is 25.1 Å². The number of ether oxygens (including phenoxy) is 1. The minimum absolute atomic E-state index is 0.729. The van der Waals surface area contributed by atoms with Gasteiger partial charge in [-0.05, 0) is 31.0 Å². The average molecular weight is 275 g/mol. The van der Waals surface area contributed by atoms with Crippen LogP contribution in [0.3, 0.4) is 0 Å². The number of morpholine rings is 1. The molecule has 0 bridgehead atoms. The first-order valence-corrected chi connectivity index (χ1v) is 7.70. The van der Waals surface area contributed by atoms with Crippen molar-refractivity contribution in [3.8, 4) is 0 Å². The molecular weight excluding hydrogens is 250 g/mol. The third kappa shape index (κ3) is 3.32. The van der Waals surface area contributed by atoms with Gasteiger partial charge in [0.15, 0.2) is 0 Å². The second-order valence-corrected chi connectivity index (χ2v) is 5.84. The Balaban J connectivity index is 1.47. The Kier molecular flexibility index (Phi) is 4.55. The van der Waals surface area contributed by atoms with Gasteiger partial charge in [-0.25, -0.2) is 0 Å². The van der Waals surface area contributed by atoms with Crippen LogP contribution < -0.4 is 5.73 Å². The van der Waals surface area contributed by atoms with E-state index in [9.17, 15) is 0 Å². The fraction of sp³-hybridized carbons (Fsp3) is 0.625. The van der Waals surface area contributed by atoms with E-state index >= 15 is 0 Å². The molecule has 2 aliphatic rings. The maximum atomic E-state index is 6.01. The molecule has 0 amide bonds. The molecule has 1 aromatic rings. The number of nitrogen functional groups attached to an aromatic ring is 1. The van der Waals surface area contributed by atoms with Crippen LogP contribution in [0.5, 0.6) is 0 Å². The van der Waals surface area contributed by atoms with Gasteiger partial charge in [0.2, 0.25) is 0 Å². The Morgan fingerprint density at radius 1 is 1.15 bits per heavy atom. The van der Waals surface area contributed by atoms with Gasteiger partial charge >= 0.3 is 0 Å². The molecule has 2 saturated heterocycles. The lowest BCUT2D eigenvalue weighted by molar-refractivity contribution is 0.0185. The number of rotatable bonds is 4. The Hall–Kier alpha value is -1.10. The number of likely N-dealkylation sites (tertiary alicyclic amines) is 1. The molecule has 0 saturated carbocycles. The van der Waals surface area contributed by atoms with Gasteiger partial charge in [0.25, 0.3) is 0 Å². The molecule has 4 heteroatoms. The predicted molar refractivity (Wildman–Crippen MR) is 81.8 cm³/mol. The highest BCUT2D eigenvalue weighted by atomic mass is 16.5. The first kappa shape index (κ1) is 13.9. The maximum absolute atomic E-state index is 6.01. The zero-order valence-electron chi connectivity index (χ0n) is 12.1. The summed E-state index contributed by atoms with van der Waals surface area (Å²) < 4.78 is 5.44. The molecule has 20 heavy (non-hydrogen) atoms. The van der Waals surface area contributed by atoms with E-state index in [1.807, 2.05) is 12.1 Å². The van der Waals surface area contributed by atoms with Crippen LogP contribution in [0.1, 0.15) is 12.0 Å². The molecule has 0 aromatic heterocycles. The van der Waals surface area contributed by atoms with Gasteiger partial charge in [-0.1, -0.05) is 18.2 Å². The van der Waals surface area contributed by atoms with E-state index in [-0.39, 0.29) is 0 Å². The van der Waals surface area contributed by atoms with Crippen molar-refractivity contribution < 1.29 is 4.74 Å². The first-order valence-electron chi connectivity index (χ1n) is 7.70. The molecule has 1 aromatic carbocycles. The SMILES string of the molecule is Nc1ccccc1CCN1CCC(N2CCOCC2)C1. The minimum atomic E-state index is 0.729. The summed E-state index contributed by atoms with van der Waals surface area (Å²) >= 11 is 0. The van der Waals surface area contributed by atoms with E-state index < -0.39 is 0 Å². The average Bonchev–Trinajstić information content (AvgIpc) is 2.96. The molecule has 0 aliphatic carbocycles. The number of hydrogen-bond donors (Lipinski definition) is 1. The summed E-state index contributed by atoms with van der Waals surface area (Å²) in [6, 6.07) is 8.95. The van der Waals surface area contributed by atoms with Crippen LogP contribution in [0.4, 0.5) is 5.69 Å². The summed E-state index contributed by atoms with van der Waals surface area (Å²) in [6.45, 7) is 7.54. The van der Waals surface area contributed by atoms with Crippen molar-refractivity contribution in [2.24, 2.45) is 0 Å². The number of para-hydroxylation sites is 1. The Morgan fingerprint density at radius 3 is 2.75 bits per heavy atom. The largest absolute Gasteiger partial charge is 0.399 e. The minimum Gasteiger partial charge on any atom is -0.399 e. The quantitative estimate of drug-likeness (QED) is 0.839. The van der Waals surface area contributed by atoms with Gasteiger partial charge in [0, 0.05) is 37.9 Å². The molecule has 2 fully saturated rings. The molecule has 0 spiro atoms. The Labute approximate surface area is 121 Å². The molecule has 110 valence electrons. The second-order valence-electron chi connectivity index (χ2n) is 5.84. The third-order valence-corrected chi connectivity index (χ3v) is 4.56. The van der Waals surface area contributed by atoms with E-state index in [0.29, 0.717) is 0 Å². The Morgan fingerprint density at radius 2 is 1.95 bits per heavy atom. The highest BCUT2D eigenvalue weighted by Gasteiger charge is 2.28. The summed E-state index contributed by atoms with van der Waals surface area (Å²) in [7, 11) is 0. The monoisotopic (exact) mass is 275 g/mol. The zero-order chi connectivity index (χ0) is 13.8. The highest BCUT2D eigenvalue weighted by Crippen LogP contribution is 2.18. The molecule has 0 radical (unpaired) electrons. The van der Waals surface area contributed by atoms with Crippen molar-refractivity contribution in [1.82, 2.24) is 9.80 Å². The number of nitrogens with two attached hydrogens (primary N) is 1. The van der Waals surface area contributed by atoms with Crippen molar-refractivity contribution in [2.45, 2.75) is 18.9 Å². The molecule has 4 nitrogen and oxygen atoms in total. The maximum Gasteiger partial charge on any atom is 0.0594 e. The van der Waals surface area contributed by atoms with E-state index in [1.54, 1.807) is 0 Å². The highest BCUT2D eigenvalue weighted by molar-refractivity contribution is 5.46. The molecule has 2 heterocycles. The van der Waals surface area contributed by atoms with Crippen LogP contribution in [0.15, 0.2) is 24.3 Å². The first-order chi connectivity index (χ1) is 9.83. The van der Waals surface area contributed by atoms with Gasteiger partial charge in [-0.15, -0.1) is 0 Å². The van der Waals surface area contributed by atoms with Gasteiger partial charge < -0.3 is 15.4 Å². The smallest absolute Gasteiger partial charge is 0.0594 e. The summed E-state index contributed by atoms with van der Waals surface area (Å²) in [5.41, 5.74) is 8.22. The van der Waals surface area contributed by atoms with E-state index in [4.69, 9.17) is 10.5 Å². The van der Waals surface area contributed by atoms with Crippen molar-refractivity contribution >= 4 is 5.69 Å². The second kappa shape index (κ2) is 6.57. The van der Waals surface area contributed by atoms with E-state index in [2.05, 4.69) is 21.9 Å². The van der Waals surface area contributed by atoms with Gasteiger partial charge in [-0.2, -0.15) is 0 Å². The third-order valence-electron chi connectivity index (χ3n) is 4.56. The molecule has 3 rings (SSSR count). The molecular formula is C16H25N3O. The van der Waals surface area contributed by atoms with Crippen molar-refractivity contribution in [2.75, 3.05) is 51.7 Å².